The fourth-order valence-corrected chi connectivity index (χ4v) is 3.23. The minimum atomic E-state index is -0.784. The third-order valence-electron chi connectivity index (χ3n) is 5.02. The van der Waals surface area contributed by atoms with E-state index in [1.807, 2.05) is 6.92 Å². The smallest absolute Gasteiger partial charge is 0.323 e. The SMILES string of the molecule is CCN(CC1CCC1)C(C)CC(C)(NC1CC1)C(=O)O. The zero-order chi connectivity index (χ0) is 14.8. The van der Waals surface area contributed by atoms with Crippen molar-refractivity contribution in [1.82, 2.24) is 10.2 Å². The van der Waals surface area contributed by atoms with Crippen molar-refractivity contribution >= 4 is 5.97 Å². The van der Waals surface area contributed by atoms with Gasteiger partial charge >= 0.3 is 5.97 Å². The highest BCUT2D eigenvalue weighted by molar-refractivity contribution is 5.78. The van der Waals surface area contributed by atoms with Crippen molar-refractivity contribution in [1.29, 1.82) is 0 Å². The molecule has 0 aromatic rings. The first kappa shape index (κ1) is 15.8. The van der Waals surface area contributed by atoms with Gasteiger partial charge in [0.2, 0.25) is 0 Å². The quantitative estimate of drug-likeness (QED) is 0.682. The second kappa shape index (κ2) is 6.44. The number of carboxylic acid groups (broad SMARTS) is 1. The summed E-state index contributed by atoms with van der Waals surface area (Å²) in [6.45, 7) is 8.36. The maximum atomic E-state index is 11.6. The van der Waals surface area contributed by atoms with Crippen LogP contribution in [0.25, 0.3) is 0 Å². The van der Waals surface area contributed by atoms with Gasteiger partial charge in [0.05, 0.1) is 0 Å². The number of carbonyl (C=O) groups is 1. The summed E-state index contributed by atoms with van der Waals surface area (Å²) < 4.78 is 0. The molecule has 4 nitrogen and oxygen atoms in total. The van der Waals surface area contributed by atoms with Crippen LogP contribution in [0.1, 0.15) is 59.3 Å². The van der Waals surface area contributed by atoms with Crippen LogP contribution in [0.3, 0.4) is 0 Å². The Bertz CT molecular complexity index is 339. The van der Waals surface area contributed by atoms with E-state index in [9.17, 15) is 9.90 Å². The summed E-state index contributed by atoms with van der Waals surface area (Å²) in [5.74, 6) is 0.126. The Hall–Kier alpha value is -0.610. The van der Waals surface area contributed by atoms with Crippen LogP contribution < -0.4 is 5.32 Å². The molecule has 0 saturated heterocycles. The van der Waals surface area contributed by atoms with E-state index in [4.69, 9.17) is 0 Å². The van der Waals surface area contributed by atoms with Crippen LogP contribution in [-0.4, -0.2) is 46.7 Å². The molecule has 2 rings (SSSR count). The van der Waals surface area contributed by atoms with Crippen molar-refractivity contribution in [3.8, 4) is 0 Å². The minimum absolute atomic E-state index is 0.313. The molecule has 2 atom stereocenters. The number of nitrogens with zero attached hydrogens (tertiary/aromatic N) is 1. The lowest BCUT2D eigenvalue weighted by Crippen LogP contribution is -2.54. The highest BCUT2D eigenvalue weighted by atomic mass is 16.4. The lowest BCUT2D eigenvalue weighted by Gasteiger charge is -2.38. The van der Waals surface area contributed by atoms with Gasteiger partial charge in [0.1, 0.15) is 5.54 Å². The van der Waals surface area contributed by atoms with Gasteiger partial charge in [-0.1, -0.05) is 13.3 Å². The third kappa shape index (κ3) is 3.95. The molecule has 0 aromatic heterocycles. The molecule has 0 heterocycles. The molecule has 0 bridgehead atoms. The van der Waals surface area contributed by atoms with E-state index in [2.05, 4.69) is 24.1 Å². The maximum absolute atomic E-state index is 11.6. The monoisotopic (exact) mass is 282 g/mol. The fourth-order valence-electron chi connectivity index (χ4n) is 3.23. The third-order valence-corrected chi connectivity index (χ3v) is 5.02. The number of nitrogens with one attached hydrogen (secondary N) is 1. The first-order valence-electron chi connectivity index (χ1n) is 8.19. The Morgan fingerprint density at radius 1 is 1.40 bits per heavy atom. The van der Waals surface area contributed by atoms with Crippen molar-refractivity contribution in [3.05, 3.63) is 0 Å². The molecule has 2 unspecified atom stereocenters. The van der Waals surface area contributed by atoms with Crippen LogP contribution in [0.2, 0.25) is 0 Å². The van der Waals surface area contributed by atoms with Crippen molar-refractivity contribution in [3.63, 3.8) is 0 Å². The first-order chi connectivity index (χ1) is 9.44. The molecule has 0 radical (unpaired) electrons. The van der Waals surface area contributed by atoms with Gasteiger partial charge in [-0.2, -0.15) is 0 Å². The van der Waals surface area contributed by atoms with E-state index in [0.29, 0.717) is 18.5 Å². The Morgan fingerprint density at radius 3 is 2.45 bits per heavy atom. The van der Waals surface area contributed by atoms with Crippen LogP contribution >= 0.6 is 0 Å². The van der Waals surface area contributed by atoms with Gasteiger partial charge in [-0.25, -0.2) is 0 Å². The zero-order valence-electron chi connectivity index (χ0n) is 13.2. The number of hydrogen-bond acceptors (Lipinski definition) is 3. The fraction of sp³-hybridized carbons (Fsp3) is 0.938. The average molecular weight is 282 g/mol. The predicted molar refractivity (Wildman–Crippen MR) is 80.9 cm³/mol. The minimum Gasteiger partial charge on any atom is -0.480 e. The maximum Gasteiger partial charge on any atom is 0.323 e. The van der Waals surface area contributed by atoms with Gasteiger partial charge < -0.3 is 10.0 Å². The van der Waals surface area contributed by atoms with Crippen molar-refractivity contribution in [2.75, 3.05) is 13.1 Å². The van der Waals surface area contributed by atoms with E-state index >= 15 is 0 Å². The topological polar surface area (TPSA) is 52.6 Å². The molecule has 2 aliphatic rings. The molecule has 2 fully saturated rings. The van der Waals surface area contributed by atoms with Crippen LogP contribution in [0.15, 0.2) is 0 Å². The van der Waals surface area contributed by atoms with Crippen LogP contribution in [0.4, 0.5) is 0 Å². The second-order valence-corrected chi connectivity index (χ2v) is 6.99. The van der Waals surface area contributed by atoms with Crippen LogP contribution in [-0.2, 0) is 4.79 Å². The molecule has 0 amide bonds. The summed E-state index contributed by atoms with van der Waals surface area (Å²) in [7, 11) is 0. The predicted octanol–water partition coefficient (Wildman–Crippen LogP) is 2.48. The summed E-state index contributed by atoms with van der Waals surface area (Å²) in [5.41, 5.74) is -0.784. The molecule has 0 aromatic carbocycles. The number of rotatable bonds is 9. The van der Waals surface area contributed by atoms with Crippen molar-refractivity contribution < 1.29 is 9.90 Å². The Labute approximate surface area is 122 Å². The molecule has 2 N–H and O–H groups in total. The molecule has 2 aliphatic carbocycles. The summed E-state index contributed by atoms with van der Waals surface area (Å²) in [5, 5.41) is 12.9. The van der Waals surface area contributed by atoms with Gasteiger partial charge in [0.15, 0.2) is 0 Å². The molecule has 20 heavy (non-hydrogen) atoms. The number of carboxylic acids is 1. The van der Waals surface area contributed by atoms with Gasteiger partial charge in [0, 0.05) is 18.6 Å². The van der Waals surface area contributed by atoms with Crippen LogP contribution in [0.5, 0.6) is 0 Å². The molecule has 4 heteroatoms. The molecule has 2 saturated carbocycles. The largest absolute Gasteiger partial charge is 0.480 e. The Kier molecular flexibility index (Phi) is 5.08. The van der Waals surface area contributed by atoms with Gasteiger partial charge in [-0.3, -0.25) is 10.1 Å². The first-order valence-corrected chi connectivity index (χ1v) is 8.19. The highest BCUT2D eigenvalue weighted by Gasteiger charge is 2.40. The molecule has 0 aliphatic heterocycles. The molecule has 0 spiro atoms. The van der Waals surface area contributed by atoms with E-state index in [1.165, 1.54) is 19.3 Å². The molecule has 116 valence electrons. The second-order valence-electron chi connectivity index (χ2n) is 6.99. The van der Waals surface area contributed by atoms with Gasteiger partial charge in [0.25, 0.3) is 0 Å². The summed E-state index contributed by atoms with van der Waals surface area (Å²) >= 11 is 0. The summed E-state index contributed by atoms with van der Waals surface area (Å²) in [4.78, 5) is 14.1. The number of hydrogen-bond donors (Lipinski definition) is 2. The van der Waals surface area contributed by atoms with Crippen molar-refractivity contribution in [2.24, 2.45) is 5.92 Å². The lowest BCUT2D eigenvalue weighted by molar-refractivity contribution is -0.145. The van der Waals surface area contributed by atoms with E-state index in [1.54, 1.807) is 0 Å². The van der Waals surface area contributed by atoms with Gasteiger partial charge in [-0.05, 0) is 58.4 Å². The number of aliphatic carboxylic acids is 1. The van der Waals surface area contributed by atoms with Crippen LogP contribution in [0, 0.1) is 5.92 Å². The molecular weight excluding hydrogens is 252 g/mol. The zero-order valence-corrected chi connectivity index (χ0v) is 13.2. The Balaban J connectivity index is 1.90. The summed E-state index contributed by atoms with van der Waals surface area (Å²) in [6, 6.07) is 0.734. The summed E-state index contributed by atoms with van der Waals surface area (Å²) in [6.07, 6.45) is 6.99. The average Bonchev–Trinajstić information content (AvgIpc) is 3.11. The van der Waals surface area contributed by atoms with Gasteiger partial charge in [-0.15, -0.1) is 0 Å². The van der Waals surface area contributed by atoms with E-state index in [-0.39, 0.29) is 0 Å². The standard InChI is InChI=1S/C16H30N2O2/c1-4-18(11-13-6-5-7-13)12(2)10-16(3,15(19)20)17-14-8-9-14/h12-14,17H,4-11H2,1-3H3,(H,19,20). The Morgan fingerprint density at radius 2 is 2.05 bits per heavy atom. The lowest BCUT2D eigenvalue weighted by atomic mass is 9.84. The normalized spacial score (nSPS) is 24.2. The van der Waals surface area contributed by atoms with E-state index < -0.39 is 11.5 Å². The highest BCUT2D eigenvalue weighted by Crippen LogP contribution is 2.29. The molecular formula is C16H30N2O2. The van der Waals surface area contributed by atoms with Crippen molar-refractivity contribution in [2.45, 2.75) is 76.9 Å². The van der Waals surface area contributed by atoms with E-state index in [0.717, 1.165) is 31.8 Å².